The molecule has 1 heterocycles. The summed E-state index contributed by atoms with van der Waals surface area (Å²) in [6.45, 7) is 4.19. The van der Waals surface area contributed by atoms with Crippen LogP contribution in [0.3, 0.4) is 0 Å². The van der Waals surface area contributed by atoms with Gasteiger partial charge in [0.2, 0.25) is 5.91 Å². The first-order valence-corrected chi connectivity index (χ1v) is 8.97. The number of hydrogen-bond acceptors (Lipinski definition) is 5. The van der Waals surface area contributed by atoms with Gasteiger partial charge in [-0.15, -0.1) is 0 Å². The van der Waals surface area contributed by atoms with Crippen LogP contribution in [-0.2, 0) is 20.9 Å². The Morgan fingerprint density at radius 2 is 1.93 bits per heavy atom. The van der Waals surface area contributed by atoms with Crippen molar-refractivity contribution in [2.24, 2.45) is 11.7 Å². The Kier molecular flexibility index (Phi) is 6.92. The van der Waals surface area contributed by atoms with Crippen molar-refractivity contribution in [1.82, 2.24) is 15.1 Å². The Morgan fingerprint density at radius 3 is 2.56 bits per heavy atom. The number of carbonyl (C=O) groups excluding carboxylic acids is 3. The zero-order valence-corrected chi connectivity index (χ0v) is 15.9. The normalized spacial score (nSPS) is 12.1. The number of carbonyl (C=O) groups is 3. The third kappa shape index (κ3) is 5.06. The number of hydrogen-bond donors (Lipinski definition) is 2. The average Bonchev–Trinajstić information content (AvgIpc) is 3.01. The van der Waals surface area contributed by atoms with E-state index in [0.717, 1.165) is 11.9 Å². The van der Waals surface area contributed by atoms with E-state index in [1.165, 1.54) is 7.11 Å². The van der Waals surface area contributed by atoms with E-state index in [2.05, 4.69) is 15.2 Å². The van der Waals surface area contributed by atoms with Crippen molar-refractivity contribution in [3.05, 3.63) is 30.0 Å². The maximum absolute atomic E-state index is 12.7. The number of aromatic nitrogens is 2. The highest BCUT2D eigenvalue weighted by Crippen LogP contribution is 2.19. The van der Waals surface area contributed by atoms with Crippen LogP contribution in [0, 0.1) is 5.92 Å². The van der Waals surface area contributed by atoms with Crippen LogP contribution in [0.15, 0.2) is 24.3 Å². The number of amides is 2. The summed E-state index contributed by atoms with van der Waals surface area (Å²) in [5, 5.41) is 7.81. The molecule has 1 aromatic carbocycles. The zero-order valence-electron chi connectivity index (χ0n) is 15.9. The number of aryl methyl sites for hydroxylation is 1. The summed E-state index contributed by atoms with van der Waals surface area (Å²) in [7, 11) is 1.37. The molecule has 0 saturated carbocycles. The second-order valence-corrected chi connectivity index (χ2v) is 6.72. The molecule has 27 heavy (non-hydrogen) atoms. The predicted octanol–water partition coefficient (Wildman–Crippen LogP) is 1.62. The maximum atomic E-state index is 12.7. The number of rotatable bonds is 9. The number of nitrogens with one attached hydrogen (secondary N) is 1. The predicted molar refractivity (Wildman–Crippen MR) is 101 cm³/mol. The number of esters is 1. The highest BCUT2D eigenvalue weighted by molar-refractivity contribution is 6.06. The number of benzene rings is 1. The van der Waals surface area contributed by atoms with Crippen LogP contribution in [0.4, 0.5) is 0 Å². The fourth-order valence-corrected chi connectivity index (χ4v) is 2.87. The molecule has 0 fully saturated rings. The summed E-state index contributed by atoms with van der Waals surface area (Å²) in [4.78, 5) is 35.5. The molecule has 0 bridgehead atoms. The van der Waals surface area contributed by atoms with Gasteiger partial charge in [0.15, 0.2) is 5.69 Å². The van der Waals surface area contributed by atoms with Gasteiger partial charge in [0.25, 0.3) is 5.91 Å². The van der Waals surface area contributed by atoms with E-state index in [-0.39, 0.29) is 17.6 Å². The topological polar surface area (TPSA) is 116 Å². The van der Waals surface area contributed by atoms with Gasteiger partial charge < -0.3 is 15.8 Å². The van der Waals surface area contributed by atoms with Gasteiger partial charge in [-0.25, -0.2) is 0 Å². The number of para-hydroxylation sites is 1. The lowest BCUT2D eigenvalue weighted by Gasteiger charge is -2.18. The molecule has 1 unspecified atom stereocenters. The van der Waals surface area contributed by atoms with Gasteiger partial charge >= 0.3 is 5.97 Å². The molecule has 1 aromatic heterocycles. The monoisotopic (exact) mass is 374 g/mol. The molecule has 0 aliphatic rings. The standard InChI is InChI=1S/C19H26N4O4/c1-12(2)16(18(20)25)21-19(26)17-13-8-4-5-9-14(13)23(22-17)11-7-6-10-15(24)27-3/h4-5,8-9,12,16H,6-7,10-11H2,1-3H3,(H2,20,25)(H,21,26). The van der Waals surface area contributed by atoms with Crippen LogP contribution in [0.25, 0.3) is 10.9 Å². The molecule has 0 aliphatic heterocycles. The van der Waals surface area contributed by atoms with Gasteiger partial charge in [0.1, 0.15) is 6.04 Å². The molecule has 0 radical (unpaired) electrons. The van der Waals surface area contributed by atoms with Crippen LogP contribution >= 0.6 is 0 Å². The second-order valence-electron chi connectivity index (χ2n) is 6.72. The molecule has 0 saturated heterocycles. The van der Waals surface area contributed by atoms with Gasteiger partial charge in [0, 0.05) is 18.4 Å². The summed E-state index contributed by atoms with van der Waals surface area (Å²) in [5.41, 5.74) is 6.46. The fraction of sp³-hybridized carbons (Fsp3) is 0.474. The molecule has 1 atom stereocenters. The quantitative estimate of drug-likeness (QED) is 0.511. The van der Waals surface area contributed by atoms with Crippen LogP contribution in [0.1, 0.15) is 43.6 Å². The van der Waals surface area contributed by atoms with E-state index in [1.807, 2.05) is 38.1 Å². The minimum absolute atomic E-state index is 0.127. The van der Waals surface area contributed by atoms with Crippen molar-refractivity contribution >= 4 is 28.7 Å². The van der Waals surface area contributed by atoms with Crippen LogP contribution in [0.2, 0.25) is 0 Å². The Morgan fingerprint density at radius 1 is 1.22 bits per heavy atom. The third-order valence-electron chi connectivity index (χ3n) is 4.36. The number of nitrogens with two attached hydrogens (primary N) is 1. The first kappa shape index (κ1) is 20.4. The minimum Gasteiger partial charge on any atom is -0.469 e. The molecular weight excluding hydrogens is 348 g/mol. The van der Waals surface area contributed by atoms with E-state index in [4.69, 9.17) is 5.73 Å². The van der Waals surface area contributed by atoms with Crippen molar-refractivity contribution in [1.29, 1.82) is 0 Å². The molecule has 8 heteroatoms. The van der Waals surface area contributed by atoms with E-state index < -0.39 is 17.9 Å². The molecule has 8 nitrogen and oxygen atoms in total. The molecule has 0 aliphatic carbocycles. The summed E-state index contributed by atoms with van der Waals surface area (Å²) in [6, 6.07) is 6.64. The molecule has 3 N–H and O–H groups in total. The van der Waals surface area contributed by atoms with Gasteiger partial charge in [-0.05, 0) is 24.8 Å². The first-order valence-electron chi connectivity index (χ1n) is 8.97. The summed E-state index contributed by atoms with van der Waals surface area (Å²) < 4.78 is 6.38. The first-order chi connectivity index (χ1) is 12.8. The lowest BCUT2D eigenvalue weighted by molar-refractivity contribution is -0.140. The molecule has 0 spiro atoms. The van der Waals surface area contributed by atoms with Gasteiger partial charge in [-0.1, -0.05) is 32.0 Å². The van der Waals surface area contributed by atoms with Crippen LogP contribution < -0.4 is 11.1 Å². The molecular formula is C19H26N4O4. The van der Waals surface area contributed by atoms with E-state index in [0.29, 0.717) is 24.8 Å². The average molecular weight is 374 g/mol. The molecule has 2 rings (SSSR count). The Hall–Kier alpha value is -2.90. The van der Waals surface area contributed by atoms with Crippen LogP contribution in [0.5, 0.6) is 0 Å². The fourth-order valence-electron chi connectivity index (χ4n) is 2.87. The van der Waals surface area contributed by atoms with Gasteiger partial charge in [-0.2, -0.15) is 5.10 Å². The van der Waals surface area contributed by atoms with E-state index in [9.17, 15) is 14.4 Å². The van der Waals surface area contributed by atoms with Gasteiger partial charge in [0.05, 0.1) is 12.6 Å². The van der Waals surface area contributed by atoms with E-state index >= 15 is 0 Å². The highest BCUT2D eigenvalue weighted by atomic mass is 16.5. The lowest BCUT2D eigenvalue weighted by Crippen LogP contribution is -2.47. The smallest absolute Gasteiger partial charge is 0.305 e. The number of methoxy groups -OCH3 is 1. The van der Waals surface area contributed by atoms with Gasteiger partial charge in [-0.3, -0.25) is 19.1 Å². The lowest BCUT2D eigenvalue weighted by atomic mass is 10.0. The Labute approximate surface area is 158 Å². The van der Waals surface area contributed by atoms with Crippen molar-refractivity contribution < 1.29 is 19.1 Å². The molecule has 2 aromatic rings. The second kappa shape index (κ2) is 9.16. The van der Waals surface area contributed by atoms with Crippen molar-refractivity contribution in [2.75, 3.05) is 7.11 Å². The van der Waals surface area contributed by atoms with Crippen LogP contribution in [-0.4, -0.2) is 40.7 Å². The summed E-state index contributed by atoms with van der Waals surface area (Å²) in [6.07, 6.45) is 1.73. The van der Waals surface area contributed by atoms with Crippen molar-refractivity contribution in [2.45, 2.75) is 45.7 Å². The SMILES string of the molecule is COC(=O)CCCCn1nc(C(=O)NC(C(N)=O)C(C)C)c2ccccc21. The number of ether oxygens (including phenoxy) is 1. The number of fused-ring (bicyclic) bond motifs is 1. The van der Waals surface area contributed by atoms with Crippen molar-refractivity contribution in [3.63, 3.8) is 0 Å². The molecule has 146 valence electrons. The number of primary amides is 1. The molecule has 2 amide bonds. The summed E-state index contributed by atoms with van der Waals surface area (Å²) in [5.74, 6) is -1.38. The third-order valence-corrected chi connectivity index (χ3v) is 4.36. The van der Waals surface area contributed by atoms with E-state index in [1.54, 1.807) is 4.68 Å². The highest BCUT2D eigenvalue weighted by Gasteiger charge is 2.25. The number of nitrogens with zero attached hydrogens (tertiary/aromatic N) is 2. The number of unbranched alkanes of at least 4 members (excludes halogenated alkanes) is 1. The summed E-state index contributed by atoms with van der Waals surface area (Å²) >= 11 is 0. The Balaban J connectivity index is 2.19. The zero-order chi connectivity index (χ0) is 20.0. The Bertz CT molecular complexity index is 828. The minimum atomic E-state index is -0.763. The van der Waals surface area contributed by atoms with Crippen molar-refractivity contribution in [3.8, 4) is 0 Å². The largest absolute Gasteiger partial charge is 0.469 e. The maximum Gasteiger partial charge on any atom is 0.305 e.